The van der Waals surface area contributed by atoms with Crippen LogP contribution in [0.5, 0.6) is 5.75 Å². The van der Waals surface area contributed by atoms with Gasteiger partial charge in [0.15, 0.2) is 11.8 Å². The molecule has 4 heterocycles. The third-order valence-electron chi connectivity index (χ3n) is 11.8. The smallest absolute Gasteiger partial charge is 0.304 e. The Morgan fingerprint density at radius 3 is 2.42 bits per heavy atom. The summed E-state index contributed by atoms with van der Waals surface area (Å²) in [5.41, 5.74) is 1.12. The number of fused-ring (bicyclic) bond motifs is 2. The number of amides is 3. The van der Waals surface area contributed by atoms with E-state index in [0.717, 1.165) is 29.3 Å². The number of aliphatic hydroxyl groups is 1. The maximum absolute atomic E-state index is 15.2. The van der Waals surface area contributed by atoms with E-state index in [1.54, 1.807) is 23.0 Å². The molecule has 7 rings (SSSR count). The van der Waals surface area contributed by atoms with Gasteiger partial charge in [-0.15, -0.1) is 0 Å². The highest BCUT2D eigenvalue weighted by Crippen LogP contribution is 2.61. The largest absolute Gasteiger partial charge is 0.497 e. The number of aliphatic hydroxyl groups excluding tert-OH is 1. The maximum atomic E-state index is 15.2. The topological polar surface area (TPSA) is 126 Å². The number of hydrogen-bond donors (Lipinski definition) is 1. The minimum absolute atomic E-state index is 0.0694. The van der Waals surface area contributed by atoms with Crippen LogP contribution >= 0.6 is 0 Å². The molecule has 3 amide bonds. The molecule has 0 aromatic heterocycles. The number of likely N-dealkylation sites (tertiary alicyclic amines) is 1. The number of hydrogen-bond acceptors (Lipinski definition) is 8. The van der Waals surface area contributed by atoms with Crippen molar-refractivity contribution in [1.29, 1.82) is 0 Å². The highest BCUT2D eigenvalue weighted by atomic mass is 28.3. The lowest BCUT2D eigenvalue weighted by Gasteiger charge is -2.39. The molecule has 3 fully saturated rings. The zero-order valence-corrected chi connectivity index (χ0v) is 31.4. The Labute approximate surface area is 305 Å². The first-order valence-corrected chi connectivity index (χ1v) is 21.2. The highest BCUT2D eigenvalue weighted by molar-refractivity contribution is 6.91. The molecule has 1 unspecified atom stereocenters. The van der Waals surface area contributed by atoms with Crippen LogP contribution in [0.2, 0.25) is 18.6 Å². The number of benzene rings is 3. The lowest BCUT2D eigenvalue weighted by atomic mass is 9.82. The zero-order valence-electron chi connectivity index (χ0n) is 30.4. The average Bonchev–Trinajstić information content (AvgIpc) is 3.79. The van der Waals surface area contributed by atoms with E-state index in [4.69, 9.17) is 14.2 Å². The maximum Gasteiger partial charge on any atom is 0.304 e. The van der Waals surface area contributed by atoms with Crippen LogP contribution in [0.25, 0.3) is 0 Å². The van der Waals surface area contributed by atoms with Crippen LogP contribution in [0.4, 0.5) is 11.4 Å². The molecule has 6 atom stereocenters. The van der Waals surface area contributed by atoms with Crippen LogP contribution in [0.1, 0.15) is 50.7 Å². The molecule has 0 bridgehead atoms. The molecule has 4 aliphatic heterocycles. The second-order valence-corrected chi connectivity index (χ2v) is 19.7. The van der Waals surface area contributed by atoms with E-state index in [-0.39, 0.29) is 54.7 Å². The molecule has 1 N–H and O–H groups in total. The lowest BCUT2D eigenvalue weighted by Crippen LogP contribution is -2.55. The lowest BCUT2D eigenvalue weighted by molar-refractivity contribution is -0.154. The first-order chi connectivity index (χ1) is 24.9. The first kappa shape index (κ1) is 35.9. The molecule has 4 aliphatic rings. The number of nitrogens with zero attached hydrogens (tertiary/aromatic N) is 3. The molecule has 0 saturated carbocycles. The van der Waals surface area contributed by atoms with Crippen LogP contribution in [0.15, 0.2) is 72.8 Å². The predicted molar refractivity (Wildman–Crippen MR) is 198 cm³/mol. The van der Waals surface area contributed by atoms with Crippen molar-refractivity contribution in [2.24, 2.45) is 5.92 Å². The van der Waals surface area contributed by atoms with Crippen molar-refractivity contribution in [2.45, 2.75) is 88.7 Å². The third-order valence-corrected chi connectivity index (χ3v) is 16.1. The summed E-state index contributed by atoms with van der Waals surface area (Å²) in [6.07, 6.45) is 0.370. The van der Waals surface area contributed by atoms with Crippen molar-refractivity contribution in [3.63, 3.8) is 0 Å². The Kier molecular flexibility index (Phi) is 9.51. The summed E-state index contributed by atoms with van der Waals surface area (Å²) in [4.78, 5) is 59.2. The zero-order chi connectivity index (χ0) is 36.9. The van der Waals surface area contributed by atoms with Gasteiger partial charge < -0.3 is 29.1 Å². The molecule has 0 radical (unpaired) electrons. The van der Waals surface area contributed by atoms with Gasteiger partial charge >= 0.3 is 5.97 Å². The van der Waals surface area contributed by atoms with E-state index in [9.17, 15) is 19.5 Å². The van der Waals surface area contributed by atoms with Crippen LogP contribution in [0.3, 0.4) is 0 Å². The monoisotopic (exact) mass is 725 g/mol. The Morgan fingerprint density at radius 1 is 1.04 bits per heavy atom. The fourth-order valence-electron chi connectivity index (χ4n) is 9.20. The van der Waals surface area contributed by atoms with Gasteiger partial charge in [-0.3, -0.25) is 24.1 Å². The molecule has 3 aromatic rings. The molecule has 274 valence electrons. The van der Waals surface area contributed by atoms with Crippen LogP contribution in [0, 0.1) is 5.92 Å². The normalized spacial score (nSPS) is 26.9. The SMILES string of the molecule is COc1ccc([Si](C)(C)[C@@H]2[C@@H](CC(=O)N3CCC[C@H]3CO)O[C@]3(C(=O)N(Cc4ccccc4)c4ccc(N5C(=O)CC5OC(C)=O)cc43)[C@H]2C)cc1. The van der Waals surface area contributed by atoms with Crippen molar-refractivity contribution in [3.05, 3.63) is 83.9 Å². The number of carbonyl (C=O) groups is 4. The van der Waals surface area contributed by atoms with Gasteiger partial charge in [0, 0.05) is 30.6 Å². The summed E-state index contributed by atoms with van der Waals surface area (Å²) in [5.74, 6) is -0.611. The second-order valence-electron chi connectivity index (χ2n) is 15.0. The molecule has 1 spiro atoms. The van der Waals surface area contributed by atoms with Crippen molar-refractivity contribution >= 4 is 48.3 Å². The van der Waals surface area contributed by atoms with Gasteiger partial charge in [-0.2, -0.15) is 0 Å². The summed E-state index contributed by atoms with van der Waals surface area (Å²) >= 11 is 0. The quantitative estimate of drug-likeness (QED) is 0.185. The Bertz CT molecular complexity index is 1870. The van der Waals surface area contributed by atoms with Gasteiger partial charge in [-0.05, 0) is 54.3 Å². The second kappa shape index (κ2) is 13.8. The van der Waals surface area contributed by atoms with Gasteiger partial charge in [0.05, 0.1) is 59.0 Å². The number of ether oxygens (including phenoxy) is 3. The molecule has 52 heavy (non-hydrogen) atoms. The van der Waals surface area contributed by atoms with E-state index < -0.39 is 32.0 Å². The molecule has 3 aromatic carbocycles. The molecule has 3 saturated heterocycles. The van der Waals surface area contributed by atoms with E-state index in [1.807, 2.05) is 54.6 Å². The third kappa shape index (κ3) is 5.90. The fraction of sp³-hybridized carbons (Fsp3) is 0.450. The van der Waals surface area contributed by atoms with Crippen LogP contribution in [-0.4, -0.2) is 80.4 Å². The summed E-state index contributed by atoms with van der Waals surface area (Å²) in [6, 6.07) is 23.1. The van der Waals surface area contributed by atoms with Gasteiger partial charge in [-0.1, -0.05) is 67.7 Å². The predicted octanol–water partition coefficient (Wildman–Crippen LogP) is 4.46. The van der Waals surface area contributed by atoms with E-state index in [2.05, 4.69) is 32.2 Å². The number of methoxy groups -OCH3 is 1. The summed E-state index contributed by atoms with van der Waals surface area (Å²) in [6.45, 7) is 8.70. The minimum atomic E-state index is -2.55. The van der Waals surface area contributed by atoms with Crippen molar-refractivity contribution in [1.82, 2.24) is 4.90 Å². The highest BCUT2D eigenvalue weighted by Gasteiger charge is 2.67. The molecule has 12 heteroatoms. The van der Waals surface area contributed by atoms with Crippen LogP contribution in [-0.2, 0) is 40.8 Å². The standard InChI is InChI=1S/C40H47N3O8Si/c1-25-38(52(4,5)31-16-14-30(49-3)15-17-31)34(21-35(46)41-19-9-12-29(41)24-44)51-40(25)32-20-28(43-36(47)22-37(43)50-26(2)45)13-18-33(32)42(39(40)48)23-27-10-7-6-8-11-27/h6-8,10-11,13-18,20,25,29,34,37-38,44H,9,12,19,21-24H2,1-5H3/t25-,29-,34+,37?,38-,40+/m0/s1. The first-order valence-electron chi connectivity index (χ1n) is 18.1. The van der Waals surface area contributed by atoms with Crippen molar-refractivity contribution in [2.75, 3.05) is 30.1 Å². The van der Waals surface area contributed by atoms with Crippen molar-refractivity contribution < 1.29 is 38.5 Å². The van der Waals surface area contributed by atoms with Gasteiger partial charge in [0.1, 0.15) is 5.75 Å². The van der Waals surface area contributed by atoms with Crippen LogP contribution < -0.4 is 19.7 Å². The number of esters is 1. The minimum Gasteiger partial charge on any atom is -0.497 e. The fourth-order valence-corrected chi connectivity index (χ4v) is 13.2. The number of rotatable bonds is 10. The summed E-state index contributed by atoms with van der Waals surface area (Å²) in [5, 5.41) is 11.2. The molecular formula is C40H47N3O8Si. The number of carbonyl (C=O) groups excluding carboxylic acids is 4. The van der Waals surface area contributed by atoms with Gasteiger partial charge in [-0.25, -0.2) is 0 Å². The van der Waals surface area contributed by atoms with Gasteiger partial charge in [0.25, 0.3) is 5.91 Å². The molecular weight excluding hydrogens is 679 g/mol. The summed E-state index contributed by atoms with van der Waals surface area (Å²) in [7, 11) is -0.912. The molecule has 0 aliphatic carbocycles. The Balaban J connectivity index is 1.35. The molecule has 11 nitrogen and oxygen atoms in total. The van der Waals surface area contributed by atoms with Crippen molar-refractivity contribution in [3.8, 4) is 5.75 Å². The number of anilines is 2. The Hall–Kier alpha value is -4.52. The van der Waals surface area contributed by atoms with E-state index in [1.165, 1.54) is 11.8 Å². The van der Waals surface area contributed by atoms with E-state index >= 15 is 4.79 Å². The average molecular weight is 726 g/mol. The Morgan fingerprint density at radius 2 is 1.77 bits per heavy atom. The van der Waals surface area contributed by atoms with E-state index in [0.29, 0.717) is 30.0 Å². The number of β-lactam (4-membered cyclic amide) rings is 1. The summed E-state index contributed by atoms with van der Waals surface area (Å²) < 4.78 is 18.1. The van der Waals surface area contributed by atoms with Gasteiger partial charge in [0.2, 0.25) is 11.8 Å².